The van der Waals surface area contributed by atoms with Gasteiger partial charge in [0, 0.05) is 35.7 Å². The summed E-state index contributed by atoms with van der Waals surface area (Å²) >= 11 is 0. The highest BCUT2D eigenvalue weighted by atomic mass is 15.0. The summed E-state index contributed by atoms with van der Waals surface area (Å²) in [6, 6.07) is 25.3. The van der Waals surface area contributed by atoms with Crippen LogP contribution in [-0.2, 0) is 0 Å². The van der Waals surface area contributed by atoms with Crippen LogP contribution in [0.3, 0.4) is 0 Å². The number of fused-ring (bicyclic) bond motifs is 1. The Hall–Kier alpha value is -3.59. The number of benzene rings is 2. The normalized spacial score (nSPS) is 11.1. The van der Waals surface area contributed by atoms with E-state index in [4.69, 9.17) is 4.98 Å². The van der Waals surface area contributed by atoms with E-state index in [2.05, 4.69) is 89.4 Å². The van der Waals surface area contributed by atoms with Crippen LogP contribution < -0.4 is 0 Å². The Bertz CT molecular complexity index is 1220. The van der Waals surface area contributed by atoms with Crippen molar-refractivity contribution in [2.24, 2.45) is 0 Å². The Labute approximate surface area is 158 Å². The summed E-state index contributed by atoms with van der Waals surface area (Å²) in [4.78, 5) is 4.96. The standard InChI is InChI=1S/C24H19N3/c1-18-7-6-8-19(15-18)21-10-9-20-16-23(26-11-2-3-12-26)24(17-22(20)25-21)27-13-4-5-14-27/h2-17H,1H3. The Kier molecular flexibility index (Phi) is 3.65. The van der Waals surface area contributed by atoms with E-state index in [1.807, 2.05) is 24.3 Å². The lowest BCUT2D eigenvalue weighted by atomic mass is 10.1. The van der Waals surface area contributed by atoms with Crippen LogP contribution in [0.1, 0.15) is 5.56 Å². The zero-order chi connectivity index (χ0) is 18.2. The van der Waals surface area contributed by atoms with Crippen LogP contribution in [0.4, 0.5) is 0 Å². The second-order valence-corrected chi connectivity index (χ2v) is 6.78. The molecule has 0 bridgehead atoms. The molecule has 0 saturated heterocycles. The number of rotatable bonds is 3. The van der Waals surface area contributed by atoms with Gasteiger partial charge in [-0.05, 0) is 55.5 Å². The molecular formula is C24H19N3. The van der Waals surface area contributed by atoms with Crippen molar-refractivity contribution in [3.05, 3.63) is 103 Å². The van der Waals surface area contributed by atoms with Gasteiger partial charge in [-0.15, -0.1) is 0 Å². The summed E-state index contributed by atoms with van der Waals surface area (Å²) < 4.78 is 4.28. The summed E-state index contributed by atoms with van der Waals surface area (Å²) in [5.74, 6) is 0. The number of aromatic nitrogens is 3. The first-order valence-electron chi connectivity index (χ1n) is 9.06. The molecule has 0 saturated carbocycles. The molecule has 0 radical (unpaired) electrons. The minimum Gasteiger partial charge on any atom is -0.322 e. The molecule has 0 spiro atoms. The maximum Gasteiger partial charge on any atom is 0.0731 e. The average molecular weight is 349 g/mol. The number of nitrogens with zero attached hydrogens (tertiary/aromatic N) is 3. The second-order valence-electron chi connectivity index (χ2n) is 6.78. The molecule has 3 heteroatoms. The zero-order valence-electron chi connectivity index (χ0n) is 15.1. The van der Waals surface area contributed by atoms with E-state index in [0.717, 1.165) is 33.5 Å². The van der Waals surface area contributed by atoms with Crippen LogP contribution in [-0.4, -0.2) is 14.1 Å². The van der Waals surface area contributed by atoms with Crippen LogP contribution in [0.15, 0.2) is 97.6 Å². The summed E-state index contributed by atoms with van der Waals surface area (Å²) in [5.41, 5.74) is 6.62. The van der Waals surface area contributed by atoms with Gasteiger partial charge in [-0.2, -0.15) is 0 Å². The van der Waals surface area contributed by atoms with Crippen LogP contribution in [0.25, 0.3) is 33.5 Å². The average Bonchev–Trinajstić information content (AvgIpc) is 3.40. The van der Waals surface area contributed by atoms with E-state index in [1.165, 1.54) is 5.56 Å². The van der Waals surface area contributed by atoms with E-state index < -0.39 is 0 Å². The Morgan fingerprint density at radius 2 is 1.33 bits per heavy atom. The molecule has 3 heterocycles. The quantitative estimate of drug-likeness (QED) is 0.404. The highest BCUT2D eigenvalue weighted by Gasteiger charge is 2.10. The van der Waals surface area contributed by atoms with Gasteiger partial charge in [0.15, 0.2) is 0 Å². The Balaban J connectivity index is 1.73. The van der Waals surface area contributed by atoms with Gasteiger partial charge >= 0.3 is 0 Å². The molecule has 5 rings (SSSR count). The fourth-order valence-electron chi connectivity index (χ4n) is 3.52. The predicted molar refractivity (Wildman–Crippen MR) is 111 cm³/mol. The van der Waals surface area contributed by atoms with E-state index in [9.17, 15) is 0 Å². The van der Waals surface area contributed by atoms with Crippen molar-refractivity contribution in [1.82, 2.24) is 14.1 Å². The molecule has 130 valence electrons. The van der Waals surface area contributed by atoms with Crippen molar-refractivity contribution in [2.45, 2.75) is 6.92 Å². The molecule has 3 nitrogen and oxygen atoms in total. The van der Waals surface area contributed by atoms with Gasteiger partial charge < -0.3 is 9.13 Å². The van der Waals surface area contributed by atoms with Crippen molar-refractivity contribution in [3.8, 4) is 22.6 Å². The predicted octanol–water partition coefficient (Wildman–Crippen LogP) is 5.79. The molecule has 3 aromatic heterocycles. The fraction of sp³-hybridized carbons (Fsp3) is 0.0417. The highest BCUT2D eigenvalue weighted by molar-refractivity contribution is 5.87. The van der Waals surface area contributed by atoms with Crippen molar-refractivity contribution >= 4 is 10.9 Å². The lowest BCUT2D eigenvalue weighted by molar-refractivity contribution is 1.01. The third-order valence-corrected chi connectivity index (χ3v) is 4.86. The number of hydrogen-bond donors (Lipinski definition) is 0. The number of aryl methyl sites for hydroxylation is 1. The number of hydrogen-bond acceptors (Lipinski definition) is 1. The maximum absolute atomic E-state index is 4.96. The van der Waals surface area contributed by atoms with Crippen LogP contribution in [0.2, 0.25) is 0 Å². The van der Waals surface area contributed by atoms with Gasteiger partial charge in [0.2, 0.25) is 0 Å². The SMILES string of the molecule is Cc1cccc(-c2ccc3cc(-n4cccc4)c(-n4cccc4)cc3n2)c1. The van der Waals surface area contributed by atoms with Crippen LogP contribution in [0.5, 0.6) is 0 Å². The molecule has 0 aliphatic carbocycles. The minimum absolute atomic E-state index is 0.994. The third kappa shape index (κ3) is 2.83. The van der Waals surface area contributed by atoms with Crippen molar-refractivity contribution in [3.63, 3.8) is 0 Å². The van der Waals surface area contributed by atoms with Crippen molar-refractivity contribution in [2.75, 3.05) is 0 Å². The van der Waals surface area contributed by atoms with Crippen molar-refractivity contribution in [1.29, 1.82) is 0 Å². The molecule has 0 aliphatic rings. The van der Waals surface area contributed by atoms with E-state index in [0.29, 0.717) is 0 Å². The van der Waals surface area contributed by atoms with Gasteiger partial charge in [-0.1, -0.05) is 29.8 Å². The number of pyridine rings is 1. The molecule has 27 heavy (non-hydrogen) atoms. The molecule has 0 amide bonds. The third-order valence-electron chi connectivity index (χ3n) is 4.86. The van der Waals surface area contributed by atoms with E-state index >= 15 is 0 Å². The van der Waals surface area contributed by atoms with Gasteiger partial charge in [0.1, 0.15) is 0 Å². The Morgan fingerprint density at radius 3 is 2.00 bits per heavy atom. The van der Waals surface area contributed by atoms with E-state index in [1.54, 1.807) is 0 Å². The minimum atomic E-state index is 0.994. The molecule has 0 fully saturated rings. The summed E-state index contributed by atoms with van der Waals surface area (Å²) in [5, 5.41) is 1.13. The first-order chi connectivity index (χ1) is 13.3. The van der Waals surface area contributed by atoms with Crippen LogP contribution >= 0.6 is 0 Å². The fourth-order valence-corrected chi connectivity index (χ4v) is 3.52. The van der Waals surface area contributed by atoms with Gasteiger partial charge in [0.05, 0.1) is 22.6 Å². The molecule has 0 aliphatic heterocycles. The molecular weight excluding hydrogens is 330 g/mol. The van der Waals surface area contributed by atoms with Gasteiger partial charge in [0.25, 0.3) is 0 Å². The molecule has 0 atom stereocenters. The zero-order valence-corrected chi connectivity index (χ0v) is 15.1. The highest BCUT2D eigenvalue weighted by Crippen LogP contribution is 2.28. The van der Waals surface area contributed by atoms with Gasteiger partial charge in [-0.3, -0.25) is 0 Å². The lowest BCUT2D eigenvalue weighted by Crippen LogP contribution is -2.01. The molecule has 5 aromatic rings. The molecule has 0 N–H and O–H groups in total. The van der Waals surface area contributed by atoms with Gasteiger partial charge in [-0.25, -0.2) is 4.98 Å². The second kappa shape index (κ2) is 6.29. The summed E-state index contributed by atoms with van der Waals surface area (Å²) in [7, 11) is 0. The monoisotopic (exact) mass is 349 g/mol. The molecule has 2 aromatic carbocycles. The smallest absolute Gasteiger partial charge is 0.0731 e. The largest absolute Gasteiger partial charge is 0.322 e. The lowest BCUT2D eigenvalue weighted by Gasteiger charge is -2.14. The summed E-state index contributed by atoms with van der Waals surface area (Å²) in [6.07, 6.45) is 8.28. The van der Waals surface area contributed by atoms with E-state index in [-0.39, 0.29) is 0 Å². The summed E-state index contributed by atoms with van der Waals surface area (Å²) in [6.45, 7) is 2.11. The topological polar surface area (TPSA) is 22.8 Å². The molecule has 0 unspecified atom stereocenters. The van der Waals surface area contributed by atoms with Crippen LogP contribution in [0, 0.1) is 6.92 Å². The van der Waals surface area contributed by atoms with Crippen molar-refractivity contribution < 1.29 is 0 Å². The Morgan fingerprint density at radius 1 is 0.667 bits per heavy atom. The maximum atomic E-state index is 4.96. The first kappa shape index (κ1) is 15.6. The first-order valence-corrected chi connectivity index (χ1v) is 9.06.